The summed E-state index contributed by atoms with van der Waals surface area (Å²) in [7, 11) is -8.94. The lowest BCUT2D eigenvalue weighted by atomic mass is 9.95. The molecular weight excluding hydrogens is 596 g/mol. The van der Waals surface area contributed by atoms with Crippen molar-refractivity contribution < 1.29 is 35.5 Å². The van der Waals surface area contributed by atoms with Crippen molar-refractivity contribution in [3.8, 4) is 0 Å². The van der Waals surface area contributed by atoms with Crippen LogP contribution in [-0.4, -0.2) is 53.1 Å². The largest absolute Gasteiger partial charge is 0.465 e. The topological polar surface area (TPSA) is 192 Å². The number of carbonyl (C=O) groups is 1. The van der Waals surface area contributed by atoms with Crippen LogP contribution in [0.1, 0.15) is 62.2 Å². The molecule has 1 atom stereocenters. The van der Waals surface area contributed by atoms with E-state index >= 15 is 0 Å². The molecule has 0 spiro atoms. The second-order valence-corrected chi connectivity index (χ2v) is 13.0. The van der Waals surface area contributed by atoms with Gasteiger partial charge in [-0.05, 0) is 49.9 Å². The van der Waals surface area contributed by atoms with Crippen LogP contribution in [0.4, 0.5) is 5.82 Å². The summed E-state index contributed by atoms with van der Waals surface area (Å²) in [6.07, 6.45) is 12.3. The summed E-state index contributed by atoms with van der Waals surface area (Å²) in [5.41, 5.74) is 7.35. The van der Waals surface area contributed by atoms with Gasteiger partial charge in [0.15, 0.2) is 0 Å². The smallest absolute Gasteiger partial charge is 0.315 e. The van der Waals surface area contributed by atoms with E-state index in [0.29, 0.717) is 24.9 Å². The van der Waals surface area contributed by atoms with Crippen LogP contribution >= 0.6 is 0 Å². The number of fused-ring (bicyclic) bond motifs is 1. The normalized spacial score (nSPS) is 15.0. The minimum absolute atomic E-state index is 0.0233. The minimum Gasteiger partial charge on any atom is -0.465 e. The van der Waals surface area contributed by atoms with Crippen molar-refractivity contribution in [1.29, 1.82) is 0 Å². The molecule has 4 aromatic rings. The second kappa shape index (κ2) is 13.6. The third-order valence-electron chi connectivity index (χ3n) is 7.23. The van der Waals surface area contributed by atoms with E-state index in [-0.39, 0.29) is 16.7 Å². The Morgan fingerprint density at radius 3 is 2.07 bits per heavy atom. The van der Waals surface area contributed by atoms with Gasteiger partial charge in [0.25, 0.3) is 20.2 Å². The molecule has 0 bridgehead atoms. The number of pyridine rings is 1. The van der Waals surface area contributed by atoms with E-state index in [9.17, 15) is 21.6 Å². The molecule has 0 aliphatic heterocycles. The highest BCUT2D eigenvalue weighted by molar-refractivity contribution is 7.86. The van der Waals surface area contributed by atoms with Crippen LogP contribution in [0.15, 0.2) is 77.0 Å². The first-order valence-electron chi connectivity index (χ1n) is 13.8. The number of anilines is 1. The first-order valence-corrected chi connectivity index (χ1v) is 16.6. The summed E-state index contributed by atoms with van der Waals surface area (Å²) in [4.78, 5) is 20.3. The average Bonchev–Trinajstić information content (AvgIpc) is 3.46. The third kappa shape index (κ3) is 8.16. The lowest BCUT2D eigenvalue weighted by Gasteiger charge is -2.22. The van der Waals surface area contributed by atoms with Gasteiger partial charge in [-0.1, -0.05) is 49.6 Å². The highest BCUT2D eigenvalue weighted by atomic mass is 32.2. The van der Waals surface area contributed by atoms with Gasteiger partial charge in [-0.15, -0.1) is 0 Å². The maximum absolute atomic E-state index is 12.5. The Kier molecular flexibility index (Phi) is 10.2. The molecule has 0 unspecified atom stereocenters. The molecule has 4 N–H and O–H groups in total. The molecule has 0 saturated heterocycles. The number of carbonyl (C=O) groups excluding carboxylic acids is 1. The van der Waals surface area contributed by atoms with Gasteiger partial charge in [0.05, 0.1) is 18.6 Å². The monoisotopic (exact) mass is 630 g/mol. The summed E-state index contributed by atoms with van der Waals surface area (Å²) in [5, 5.41) is 0.0465. The number of rotatable bonds is 8. The van der Waals surface area contributed by atoms with Crippen LogP contribution in [0.25, 0.3) is 10.8 Å². The quantitative estimate of drug-likeness (QED) is 0.182. The Balaban J connectivity index is 0.000000208. The lowest BCUT2D eigenvalue weighted by molar-refractivity contribution is -0.145. The number of hydrogen-bond donors (Lipinski definition) is 3. The summed E-state index contributed by atoms with van der Waals surface area (Å²) in [5.74, 6) is -0.193. The fourth-order valence-electron chi connectivity index (χ4n) is 5.16. The maximum Gasteiger partial charge on any atom is 0.315 e. The number of nitrogens with two attached hydrogens (primary N) is 1. The molecular formula is C29H34N4O8S2. The molecule has 1 saturated carbocycles. The first kappa shape index (κ1) is 32.1. The Hall–Kier alpha value is -3.85. The fourth-order valence-corrected chi connectivity index (χ4v) is 6.57. The number of nitrogen functional groups attached to an aromatic ring is 1. The zero-order valence-corrected chi connectivity index (χ0v) is 25.2. The predicted octanol–water partition coefficient (Wildman–Crippen LogP) is 4.59. The SMILES string of the molecule is CCOC(=O)[C@H](Cc1ccc(N)nc1)c1cn(C2CCCCC2)cn1.O=S(=O)(O)c1cccc2c(S(=O)(=O)O)cccc12. The van der Waals surface area contributed by atoms with Gasteiger partial charge < -0.3 is 15.0 Å². The van der Waals surface area contributed by atoms with Crippen molar-refractivity contribution in [3.05, 3.63) is 78.5 Å². The number of benzene rings is 2. The van der Waals surface area contributed by atoms with Crippen LogP contribution < -0.4 is 5.73 Å². The van der Waals surface area contributed by atoms with Gasteiger partial charge in [0.2, 0.25) is 0 Å². The van der Waals surface area contributed by atoms with Crippen molar-refractivity contribution >= 4 is 42.8 Å². The van der Waals surface area contributed by atoms with E-state index in [2.05, 4.69) is 14.5 Å². The number of hydrogen-bond acceptors (Lipinski definition) is 9. The number of ether oxygens (including phenoxy) is 1. The molecule has 1 aliphatic carbocycles. The number of esters is 1. The highest BCUT2D eigenvalue weighted by Crippen LogP contribution is 2.30. The van der Waals surface area contributed by atoms with Gasteiger partial charge in [0, 0.05) is 29.2 Å². The number of nitrogens with zero attached hydrogens (tertiary/aromatic N) is 3. The number of aromatic nitrogens is 3. The third-order valence-corrected chi connectivity index (χ3v) is 9.05. The average molecular weight is 631 g/mol. The van der Waals surface area contributed by atoms with Crippen LogP contribution in [0.3, 0.4) is 0 Å². The maximum atomic E-state index is 12.5. The molecule has 2 aromatic carbocycles. The van der Waals surface area contributed by atoms with E-state index in [1.54, 1.807) is 12.3 Å². The summed E-state index contributed by atoms with van der Waals surface area (Å²) in [6, 6.07) is 11.7. The van der Waals surface area contributed by atoms with E-state index in [4.69, 9.17) is 19.6 Å². The van der Waals surface area contributed by atoms with Crippen LogP contribution in [0, 0.1) is 0 Å². The molecule has 2 aromatic heterocycles. The van der Waals surface area contributed by atoms with E-state index in [1.807, 2.05) is 25.5 Å². The second-order valence-electron chi connectivity index (χ2n) is 10.2. The van der Waals surface area contributed by atoms with Crippen molar-refractivity contribution in [3.63, 3.8) is 0 Å². The van der Waals surface area contributed by atoms with Crippen LogP contribution in [0.2, 0.25) is 0 Å². The first-order chi connectivity index (χ1) is 20.4. The van der Waals surface area contributed by atoms with Crippen LogP contribution in [0.5, 0.6) is 0 Å². The number of imidazole rings is 1. The van der Waals surface area contributed by atoms with Gasteiger partial charge in [-0.3, -0.25) is 13.9 Å². The highest BCUT2D eigenvalue weighted by Gasteiger charge is 2.26. The summed E-state index contributed by atoms with van der Waals surface area (Å²) < 4.78 is 70.1. The predicted molar refractivity (Wildman–Crippen MR) is 160 cm³/mol. The summed E-state index contributed by atoms with van der Waals surface area (Å²) >= 11 is 0. The zero-order chi connectivity index (χ0) is 31.2. The lowest BCUT2D eigenvalue weighted by Crippen LogP contribution is -2.19. The van der Waals surface area contributed by atoms with Crippen molar-refractivity contribution in [1.82, 2.24) is 14.5 Å². The fraction of sp³-hybridized carbons (Fsp3) is 0.345. The molecule has 1 fully saturated rings. The Morgan fingerprint density at radius 1 is 0.953 bits per heavy atom. The minimum atomic E-state index is -4.47. The van der Waals surface area contributed by atoms with Gasteiger partial charge in [-0.25, -0.2) is 9.97 Å². The zero-order valence-electron chi connectivity index (χ0n) is 23.5. The molecule has 14 heteroatoms. The standard InChI is InChI=1S/C19H26N4O2.C10H8O6S2/c1-2-25-19(24)16(10-14-8-9-18(20)21-11-14)17-12-23(13-22-17)15-6-4-3-5-7-15;11-17(12,13)9-5-1-3-7-8(9)4-2-6-10(7)18(14,15)16/h8-9,11-13,15-16H,2-7,10H2,1H3,(H2,20,21);1-6H,(H,11,12,13)(H,14,15,16)/t16-;/m1./s1. The van der Waals surface area contributed by atoms with Gasteiger partial charge in [-0.2, -0.15) is 16.8 Å². The molecule has 0 radical (unpaired) electrons. The Labute approximate surface area is 250 Å². The molecule has 0 amide bonds. The Bertz CT molecular complexity index is 1710. The van der Waals surface area contributed by atoms with Crippen molar-refractivity contribution in [2.24, 2.45) is 0 Å². The molecule has 5 rings (SSSR count). The summed E-state index contributed by atoms with van der Waals surface area (Å²) in [6.45, 7) is 2.18. The van der Waals surface area contributed by atoms with Gasteiger partial charge >= 0.3 is 5.97 Å². The van der Waals surface area contributed by atoms with E-state index < -0.39 is 35.9 Å². The molecule has 1 aliphatic rings. The van der Waals surface area contributed by atoms with Crippen molar-refractivity contribution in [2.45, 2.75) is 67.2 Å². The van der Waals surface area contributed by atoms with E-state index in [0.717, 1.165) is 23.4 Å². The van der Waals surface area contributed by atoms with Crippen LogP contribution in [-0.2, 0) is 36.2 Å². The molecule has 2 heterocycles. The molecule has 12 nitrogen and oxygen atoms in total. The Morgan fingerprint density at radius 2 is 1.56 bits per heavy atom. The molecule has 230 valence electrons. The van der Waals surface area contributed by atoms with E-state index in [1.165, 1.54) is 56.4 Å². The van der Waals surface area contributed by atoms with Gasteiger partial charge in [0.1, 0.15) is 21.5 Å². The molecule has 43 heavy (non-hydrogen) atoms. The van der Waals surface area contributed by atoms with Crippen molar-refractivity contribution in [2.75, 3.05) is 12.3 Å².